The normalized spacial score (nSPS) is 10.3. The van der Waals surface area contributed by atoms with Gasteiger partial charge in [0.2, 0.25) is 0 Å². The molecule has 1 rings (SSSR count). The third-order valence-electron chi connectivity index (χ3n) is 3.09. The van der Waals surface area contributed by atoms with Gasteiger partial charge in [-0.15, -0.1) is 12.4 Å². The molecule has 1 aromatic carbocycles. The molecule has 0 radical (unpaired) electrons. The van der Waals surface area contributed by atoms with Crippen molar-refractivity contribution in [2.45, 2.75) is 33.1 Å². The zero-order valence-corrected chi connectivity index (χ0v) is 13.1. The summed E-state index contributed by atoms with van der Waals surface area (Å²) in [5.41, 5.74) is 7.93. The predicted octanol–water partition coefficient (Wildman–Crippen LogP) is 3.36. The molecule has 0 fully saturated rings. The van der Waals surface area contributed by atoms with Gasteiger partial charge in [0.05, 0.1) is 12.8 Å². The quantitative estimate of drug-likeness (QED) is 0.745. The standard InChI is InChI=1S/C15H26N2O.ClH/c1-4-9-17(10-5-2)11-8-13-6-7-15(18-3)14(16)12-13;/h6-7,12H,4-5,8-11,16H2,1-3H3;1H. The zero-order valence-electron chi connectivity index (χ0n) is 12.3. The molecule has 110 valence electrons. The van der Waals surface area contributed by atoms with E-state index in [0.29, 0.717) is 0 Å². The molecule has 3 nitrogen and oxygen atoms in total. The third-order valence-corrected chi connectivity index (χ3v) is 3.09. The second kappa shape index (κ2) is 9.93. The summed E-state index contributed by atoms with van der Waals surface area (Å²) in [6, 6.07) is 6.08. The van der Waals surface area contributed by atoms with Crippen LogP contribution in [0.15, 0.2) is 18.2 Å². The Hall–Kier alpha value is -0.930. The maximum absolute atomic E-state index is 5.92. The summed E-state index contributed by atoms with van der Waals surface area (Å²) in [7, 11) is 1.65. The number of hydrogen-bond donors (Lipinski definition) is 1. The monoisotopic (exact) mass is 286 g/mol. The van der Waals surface area contributed by atoms with Crippen LogP contribution in [0.3, 0.4) is 0 Å². The van der Waals surface area contributed by atoms with E-state index in [0.717, 1.165) is 24.4 Å². The lowest BCUT2D eigenvalue weighted by Gasteiger charge is -2.21. The minimum atomic E-state index is 0. The van der Waals surface area contributed by atoms with Gasteiger partial charge in [0.1, 0.15) is 5.75 Å². The van der Waals surface area contributed by atoms with E-state index in [1.54, 1.807) is 7.11 Å². The van der Waals surface area contributed by atoms with E-state index < -0.39 is 0 Å². The number of methoxy groups -OCH3 is 1. The number of nitrogens with two attached hydrogens (primary N) is 1. The van der Waals surface area contributed by atoms with Gasteiger partial charge in [0.15, 0.2) is 0 Å². The maximum atomic E-state index is 5.92. The third kappa shape index (κ3) is 6.17. The molecular weight excluding hydrogens is 260 g/mol. The first-order valence-electron chi connectivity index (χ1n) is 6.86. The van der Waals surface area contributed by atoms with Gasteiger partial charge < -0.3 is 15.4 Å². The number of nitrogens with zero attached hydrogens (tertiary/aromatic N) is 1. The second-order valence-corrected chi connectivity index (χ2v) is 4.67. The fourth-order valence-corrected chi connectivity index (χ4v) is 2.19. The Labute approximate surface area is 123 Å². The molecule has 0 aromatic heterocycles. The minimum Gasteiger partial charge on any atom is -0.495 e. The molecule has 0 atom stereocenters. The van der Waals surface area contributed by atoms with E-state index in [1.165, 1.54) is 31.5 Å². The molecule has 0 unspecified atom stereocenters. The highest BCUT2D eigenvalue weighted by molar-refractivity contribution is 5.85. The fourth-order valence-electron chi connectivity index (χ4n) is 2.19. The summed E-state index contributed by atoms with van der Waals surface area (Å²) in [4.78, 5) is 2.51. The summed E-state index contributed by atoms with van der Waals surface area (Å²) >= 11 is 0. The Morgan fingerprint density at radius 2 is 1.74 bits per heavy atom. The predicted molar refractivity (Wildman–Crippen MR) is 85.4 cm³/mol. The van der Waals surface area contributed by atoms with Gasteiger partial charge in [0, 0.05) is 6.54 Å². The summed E-state index contributed by atoms with van der Waals surface area (Å²) in [6.07, 6.45) is 3.48. The summed E-state index contributed by atoms with van der Waals surface area (Å²) in [6.45, 7) is 7.93. The molecule has 0 amide bonds. The summed E-state index contributed by atoms with van der Waals surface area (Å²) < 4.78 is 5.17. The highest BCUT2D eigenvalue weighted by atomic mass is 35.5. The van der Waals surface area contributed by atoms with Crippen LogP contribution in [0, 0.1) is 0 Å². The Bertz CT molecular complexity index is 352. The fraction of sp³-hybridized carbons (Fsp3) is 0.600. The van der Waals surface area contributed by atoms with Crippen LogP contribution < -0.4 is 10.5 Å². The summed E-state index contributed by atoms with van der Waals surface area (Å²) in [5, 5.41) is 0. The van der Waals surface area contributed by atoms with Crippen molar-refractivity contribution in [1.82, 2.24) is 4.90 Å². The van der Waals surface area contributed by atoms with Crippen molar-refractivity contribution in [1.29, 1.82) is 0 Å². The molecule has 0 aliphatic rings. The lowest BCUT2D eigenvalue weighted by atomic mass is 10.1. The molecule has 2 N–H and O–H groups in total. The lowest BCUT2D eigenvalue weighted by Crippen LogP contribution is -2.27. The van der Waals surface area contributed by atoms with E-state index in [4.69, 9.17) is 10.5 Å². The van der Waals surface area contributed by atoms with Gasteiger partial charge in [-0.3, -0.25) is 0 Å². The molecule has 19 heavy (non-hydrogen) atoms. The molecule has 0 bridgehead atoms. The summed E-state index contributed by atoms with van der Waals surface area (Å²) in [5.74, 6) is 0.762. The van der Waals surface area contributed by atoms with Gasteiger partial charge in [-0.1, -0.05) is 19.9 Å². The first-order chi connectivity index (χ1) is 8.71. The van der Waals surface area contributed by atoms with E-state index in [-0.39, 0.29) is 12.4 Å². The molecule has 0 spiro atoms. The van der Waals surface area contributed by atoms with Crippen LogP contribution >= 0.6 is 12.4 Å². The van der Waals surface area contributed by atoms with Gasteiger partial charge >= 0.3 is 0 Å². The maximum Gasteiger partial charge on any atom is 0.141 e. The molecule has 4 heteroatoms. The van der Waals surface area contributed by atoms with Crippen LogP contribution in [0.5, 0.6) is 5.75 Å². The van der Waals surface area contributed by atoms with Gasteiger partial charge in [-0.05, 0) is 50.0 Å². The number of ether oxygens (including phenoxy) is 1. The smallest absolute Gasteiger partial charge is 0.141 e. The first-order valence-corrected chi connectivity index (χ1v) is 6.86. The highest BCUT2D eigenvalue weighted by Crippen LogP contribution is 2.22. The number of benzene rings is 1. The van der Waals surface area contributed by atoms with E-state index >= 15 is 0 Å². The van der Waals surface area contributed by atoms with E-state index in [2.05, 4.69) is 24.8 Å². The average Bonchev–Trinajstić information content (AvgIpc) is 2.36. The van der Waals surface area contributed by atoms with Crippen molar-refractivity contribution in [3.63, 3.8) is 0 Å². The highest BCUT2D eigenvalue weighted by Gasteiger charge is 2.05. The van der Waals surface area contributed by atoms with Gasteiger partial charge in [0.25, 0.3) is 0 Å². The van der Waals surface area contributed by atoms with Crippen LogP contribution in [0.2, 0.25) is 0 Å². The second-order valence-electron chi connectivity index (χ2n) is 4.67. The topological polar surface area (TPSA) is 38.5 Å². The Morgan fingerprint density at radius 1 is 1.11 bits per heavy atom. The molecule has 1 aromatic rings. The largest absolute Gasteiger partial charge is 0.495 e. The number of nitrogen functional groups attached to an aromatic ring is 1. The molecule has 0 aliphatic heterocycles. The van der Waals surface area contributed by atoms with Crippen LogP contribution in [-0.2, 0) is 6.42 Å². The van der Waals surface area contributed by atoms with Crippen LogP contribution in [0.4, 0.5) is 5.69 Å². The van der Waals surface area contributed by atoms with E-state index in [9.17, 15) is 0 Å². The number of halogens is 1. The van der Waals surface area contributed by atoms with Crippen LogP contribution in [0.1, 0.15) is 32.3 Å². The molecule has 0 saturated heterocycles. The first kappa shape index (κ1) is 18.1. The van der Waals surface area contributed by atoms with Crippen molar-refractivity contribution in [3.8, 4) is 5.75 Å². The average molecular weight is 287 g/mol. The lowest BCUT2D eigenvalue weighted by molar-refractivity contribution is 0.278. The van der Waals surface area contributed by atoms with Crippen molar-refractivity contribution >= 4 is 18.1 Å². The molecule has 0 aliphatic carbocycles. The zero-order chi connectivity index (χ0) is 13.4. The Morgan fingerprint density at radius 3 is 2.21 bits per heavy atom. The van der Waals surface area contributed by atoms with Crippen LogP contribution in [0.25, 0.3) is 0 Å². The Balaban J connectivity index is 0.00000324. The SMILES string of the molecule is CCCN(CCC)CCc1ccc(OC)c(N)c1.Cl. The van der Waals surface area contributed by atoms with Crippen molar-refractivity contribution in [3.05, 3.63) is 23.8 Å². The Kier molecular flexibility index (Phi) is 9.44. The molecule has 0 heterocycles. The molecular formula is C15H27ClN2O. The number of anilines is 1. The minimum absolute atomic E-state index is 0. The number of rotatable bonds is 8. The van der Waals surface area contributed by atoms with Crippen LogP contribution in [-0.4, -0.2) is 31.6 Å². The molecule has 0 saturated carbocycles. The van der Waals surface area contributed by atoms with Gasteiger partial charge in [-0.25, -0.2) is 0 Å². The van der Waals surface area contributed by atoms with Crippen molar-refractivity contribution in [2.24, 2.45) is 0 Å². The number of hydrogen-bond acceptors (Lipinski definition) is 3. The van der Waals surface area contributed by atoms with E-state index in [1.807, 2.05) is 12.1 Å². The van der Waals surface area contributed by atoms with Crippen molar-refractivity contribution in [2.75, 3.05) is 32.5 Å². The van der Waals surface area contributed by atoms with Crippen molar-refractivity contribution < 1.29 is 4.74 Å². The van der Waals surface area contributed by atoms with Gasteiger partial charge in [-0.2, -0.15) is 0 Å².